The van der Waals surface area contributed by atoms with Crippen molar-refractivity contribution in [2.24, 2.45) is 10.9 Å². The van der Waals surface area contributed by atoms with E-state index in [1.54, 1.807) is 6.08 Å². The molecular weight excluding hydrogens is 446 g/mol. The first-order chi connectivity index (χ1) is 18.0. The summed E-state index contributed by atoms with van der Waals surface area (Å²) >= 11 is 0. The summed E-state index contributed by atoms with van der Waals surface area (Å²) in [6.07, 6.45) is 15.1. The van der Waals surface area contributed by atoms with Crippen molar-refractivity contribution in [2.75, 3.05) is 7.05 Å². The van der Waals surface area contributed by atoms with E-state index in [-0.39, 0.29) is 0 Å². The monoisotopic (exact) mass is 503 g/mol. The van der Waals surface area contributed by atoms with E-state index in [0.29, 0.717) is 0 Å². The van der Waals surface area contributed by atoms with Crippen LogP contribution in [-0.2, 0) is 0 Å². The van der Waals surface area contributed by atoms with Crippen molar-refractivity contribution in [3.05, 3.63) is 96.6 Å². The molecule has 0 aromatic heterocycles. The molecule has 2 aromatic carbocycles. The molecule has 1 aliphatic carbocycles. The van der Waals surface area contributed by atoms with Crippen molar-refractivity contribution in [1.82, 2.24) is 0 Å². The second kappa shape index (κ2) is 25.0. The molecule has 0 spiro atoms. The molecule has 0 radical (unpaired) electrons. The summed E-state index contributed by atoms with van der Waals surface area (Å²) in [5.74, 6) is 1.10. The van der Waals surface area contributed by atoms with Gasteiger partial charge in [-0.25, -0.2) is 0 Å². The van der Waals surface area contributed by atoms with Gasteiger partial charge in [0.25, 0.3) is 0 Å². The summed E-state index contributed by atoms with van der Waals surface area (Å²) < 4.78 is 0. The zero-order chi connectivity index (χ0) is 28.5. The molecule has 0 aliphatic heterocycles. The molecule has 1 saturated carbocycles. The predicted octanol–water partition coefficient (Wildman–Crippen LogP) is 11.7. The molecule has 0 atom stereocenters. The van der Waals surface area contributed by atoms with Crippen LogP contribution in [-0.4, -0.2) is 13.3 Å². The fraction of sp³-hybridized carbons (Fsp3) is 0.472. The molecule has 0 saturated heterocycles. The number of rotatable bonds is 6. The van der Waals surface area contributed by atoms with E-state index in [1.165, 1.54) is 78.3 Å². The van der Waals surface area contributed by atoms with Crippen LogP contribution in [0.25, 0.3) is 11.1 Å². The normalized spacial score (nSPS) is 13.2. The minimum atomic E-state index is 0.984. The van der Waals surface area contributed by atoms with Gasteiger partial charge >= 0.3 is 0 Å². The van der Waals surface area contributed by atoms with E-state index in [9.17, 15) is 0 Å². The summed E-state index contributed by atoms with van der Waals surface area (Å²) in [4.78, 5) is 4.26. The summed E-state index contributed by atoms with van der Waals surface area (Å²) in [6.45, 7) is 24.0. The Morgan fingerprint density at radius 2 is 1.27 bits per heavy atom. The second-order valence-electron chi connectivity index (χ2n) is 9.07. The van der Waals surface area contributed by atoms with E-state index in [0.717, 1.165) is 12.3 Å². The van der Waals surface area contributed by atoms with Gasteiger partial charge in [-0.2, -0.15) is 0 Å². The molecule has 0 unspecified atom stereocenters. The number of hydrogen-bond acceptors (Lipinski definition) is 1. The highest BCUT2D eigenvalue weighted by Gasteiger charge is 2.11. The Morgan fingerprint density at radius 3 is 1.65 bits per heavy atom. The van der Waals surface area contributed by atoms with Crippen molar-refractivity contribution in [3.63, 3.8) is 0 Å². The van der Waals surface area contributed by atoms with Gasteiger partial charge in [0.2, 0.25) is 0 Å². The standard InChI is InChI=1S/C20H23N.C9H18.C3H6.C2H6.C2H4/c1-5-19(17-10-6-15(2)7-11-17)20(14-21-4)18-12-8-16(3)9-13-18;1-2-6-9-7-4-3-5-8-9;1-3-2;2*1-2/h6-14H,5H2,1-4H3;9H,2-8H2,1H3;3H,1H2,2H3;1-2H3;1-2H2/b20-19-,21-14?;;;;. The third-order valence-electron chi connectivity index (χ3n) is 6.12. The van der Waals surface area contributed by atoms with Crippen molar-refractivity contribution in [1.29, 1.82) is 0 Å². The Labute approximate surface area is 231 Å². The Balaban J connectivity index is 0. The minimum Gasteiger partial charge on any atom is -0.296 e. The maximum atomic E-state index is 4.26. The number of hydrogen-bond donors (Lipinski definition) is 0. The molecule has 1 fully saturated rings. The summed E-state index contributed by atoms with van der Waals surface area (Å²) in [7, 11) is 1.83. The highest BCUT2D eigenvalue weighted by molar-refractivity contribution is 6.19. The molecular formula is C36H57N. The molecule has 1 aliphatic rings. The smallest absolute Gasteiger partial charge is 0.0290 e. The van der Waals surface area contributed by atoms with Crippen LogP contribution in [0.1, 0.15) is 108 Å². The number of benzene rings is 2. The SMILES string of the molecule is C=C.C=CC.CC.CC/C(=C(\C=NC)c1ccc(C)cc1)c1ccc(C)cc1.CCCC1CCCCC1. The van der Waals surface area contributed by atoms with Gasteiger partial charge in [0, 0.05) is 18.8 Å². The highest BCUT2D eigenvalue weighted by atomic mass is 14.6. The Bertz CT molecular complexity index is 844. The Hall–Kier alpha value is -2.67. The van der Waals surface area contributed by atoms with Crippen LogP contribution in [0, 0.1) is 19.8 Å². The van der Waals surface area contributed by atoms with Gasteiger partial charge in [-0.3, -0.25) is 4.99 Å². The van der Waals surface area contributed by atoms with Crippen LogP contribution < -0.4 is 0 Å². The largest absolute Gasteiger partial charge is 0.296 e. The van der Waals surface area contributed by atoms with Gasteiger partial charge in [0.1, 0.15) is 0 Å². The lowest BCUT2D eigenvalue weighted by Crippen LogP contribution is -2.04. The zero-order valence-corrected chi connectivity index (χ0v) is 25.6. The summed E-state index contributed by atoms with van der Waals surface area (Å²) in [6, 6.07) is 17.4. The molecule has 3 rings (SSSR count). The third-order valence-corrected chi connectivity index (χ3v) is 6.12. The quantitative estimate of drug-likeness (QED) is 0.211. The molecule has 1 nitrogen and oxygen atoms in total. The van der Waals surface area contributed by atoms with Gasteiger partial charge in [0.05, 0.1) is 0 Å². The van der Waals surface area contributed by atoms with Crippen molar-refractivity contribution < 1.29 is 0 Å². The van der Waals surface area contributed by atoms with E-state index in [4.69, 9.17) is 0 Å². The molecule has 37 heavy (non-hydrogen) atoms. The molecule has 0 heterocycles. The average Bonchev–Trinajstić information content (AvgIpc) is 2.94. The summed E-state index contributed by atoms with van der Waals surface area (Å²) in [5, 5.41) is 0. The second-order valence-corrected chi connectivity index (χ2v) is 9.07. The van der Waals surface area contributed by atoms with Crippen LogP contribution in [0.4, 0.5) is 0 Å². The highest BCUT2D eigenvalue weighted by Crippen LogP contribution is 2.29. The maximum absolute atomic E-state index is 4.26. The molecule has 0 amide bonds. The maximum Gasteiger partial charge on any atom is 0.0290 e. The minimum absolute atomic E-state index is 0.984. The van der Waals surface area contributed by atoms with Gasteiger partial charge in [-0.05, 0) is 49.8 Å². The fourth-order valence-corrected chi connectivity index (χ4v) is 4.38. The Kier molecular flexibility index (Phi) is 24.7. The van der Waals surface area contributed by atoms with Crippen molar-refractivity contribution >= 4 is 17.4 Å². The zero-order valence-electron chi connectivity index (χ0n) is 25.6. The van der Waals surface area contributed by atoms with Gasteiger partial charge in [-0.1, -0.05) is 138 Å². The first-order valence-corrected chi connectivity index (χ1v) is 14.4. The third kappa shape index (κ3) is 15.9. The van der Waals surface area contributed by atoms with Gasteiger partial charge < -0.3 is 0 Å². The van der Waals surface area contributed by atoms with Crippen LogP contribution in [0.15, 0.2) is 79.3 Å². The lowest BCUT2D eigenvalue weighted by atomic mass is 9.86. The summed E-state index contributed by atoms with van der Waals surface area (Å²) in [5.41, 5.74) is 7.62. The van der Waals surface area contributed by atoms with Crippen LogP contribution >= 0.6 is 0 Å². The van der Waals surface area contributed by atoms with E-state index in [1.807, 2.05) is 34.0 Å². The number of allylic oxidation sites excluding steroid dienone is 3. The predicted molar refractivity (Wildman–Crippen MR) is 174 cm³/mol. The van der Waals surface area contributed by atoms with Crippen LogP contribution in [0.3, 0.4) is 0 Å². The molecule has 2 aromatic rings. The topological polar surface area (TPSA) is 12.4 Å². The molecule has 0 N–H and O–H groups in total. The van der Waals surface area contributed by atoms with Crippen molar-refractivity contribution in [2.45, 2.75) is 99.8 Å². The first-order valence-electron chi connectivity index (χ1n) is 14.4. The van der Waals surface area contributed by atoms with E-state index >= 15 is 0 Å². The average molecular weight is 504 g/mol. The first kappa shape index (κ1) is 36.5. The van der Waals surface area contributed by atoms with E-state index < -0.39 is 0 Å². The number of aryl methyl sites for hydroxylation is 2. The lowest BCUT2D eigenvalue weighted by Gasteiger charge is -2.20. The van der Waals surface area contributed by atoms with Gasteiger partial charge in [0.15, 0.2) is 0 Å². The van der Waals surface area contributed by atoms with Crippen LogP contribution in [0.2, 0.25) is 0 Å². The lowest BCUT2D eigenvalue weighted by molar-refractivity contribution is 0.336. The van der Waals surface area contributed by atoms with Crippen LogP contribution in [0.5, 0.6) is 0 Å². The molecule has 206 valence electrons. The van der Waals surface area contributed by atoms with Crippen molar-refractivity contribution in [3.8, 4) is 0 Å². The fourth-order valence-electron chi connectivity index (χ4n) is 4.38. The number of aliphatic imine (C=N–C) groups is 1. The molecule has 0 bridgehead atoms. The van der Waals surface area contributed by atoms with E-state index in [2.05, 4.69) is 101 Å². The molecule has 1 heteroatoms. The van der Waals surface area contributed by atoms with Gasteiger partial charge in [-0.15, -0.1) is 19.7 Å². The Morgan fingerprint density at radius 1 is 0.838 bits per heavy atom. The number of nitrogens with zero attached hydrogens (tertiary/aromatic N) is 1.